The lowest BCUT2D eigenvalue weighted by atomic mass is 9.58. The van der Waals surface area contributed by atoms with Crippen LogP contribution in [0.1, 0.15) is 63.5 Å². The highest BCUT2D eigenvalue weighted by Gasteiger charge is 2.54. The fourth-order valence-corrected chi connectivity index (χ4v) is 4.26. The molecule has 1 aromatic rings. The first-order valence-electron chi connectivity index (χ1n) is 8.92. The summed E-state index contributed by atoms with van der Waals surface area (Å²) in [4.78, 5) is 23.6. The fourth-order valence-electron chi connectivity index (χ4n) is 4.26. The molecule has 0 aromatic carbocycles. The van der Waals surface area contributed by atoms with Crippen LogP contribution in [0.3, 0.4) is 0 Å². The maximum atomic E-state index is 12.1. The molecule has 0 aliphatic heterocycles. The monoisotopic (exact) mass is 346 g/mol. The normalized spacial score (nSPS) is 30.8. The first-order chi connectivity index (χ1) is 11.8. The van der Waals surface area contributed by atoms with Gasteiger partial charge >= 0.3 is 11.9 Å². The molecular formula is C20H26O5. The summed E-state index contributed by atoms with van der Waals surface area (Å²) in [5.41, 5.74) is 2.73. The van der Waals surface area contributed by atoms with Gasteiger partial charge in [-0.05, 0) is 12.5 Å². The zero-order valence-corrected chi connectivity index (χ0v) is 15.5. The minimum atomic E-state index is -0.429. The second kappa shape index (κ2) is 6.36. The van der Waals surface area contributed by atoms with Crippen LogP contribution in [0.5, 0.6) is 0 Å². The number of carbonyl (C=O) groups excluding carboxylic acids is 2. The van der Waals surface area contributed by atoms with Crippen LogP contribution >= 0.6 is 0 Å². The van der Waals surface area contributed by atoms with Gasteiger partial charge in [-0.15, -0.1) is 0 Å². The highest BCUT2D eigenvalue weighted by Crippen LogP contribution is 2.58. The lowest BCUT2D eigenvalue weighted by Gasteiger charge is -2.50. The number of rotatable bonds is 3. The molecule has 0 radical (unpaired) electrons. The van der Waals surface area contributed by atoms with E-state index in [4.69, 9.17) is 13.9 Å². The van der Waals surface area contributed by atoms with Crippen molar-refractivity contribution in [2.75, 3.05) is 0 Å². The quantitative estimate of drug-likeness (QED) is 0.610. The van der Waals surface area contributed by atoms with Crippen molar-refractivity contribution < 1.29 is 23.5 Å². The van der Waals surface area contributed by atoms with Gasteiger partial charge < -0.3 is 13.9 Å². The van der Waals surface area contributed by atoms with E-state index in [-0.39, 0.29) is 24.0 Å². The maximum absolute atomic E-state index is 12.1. The van der Waals surface area contributed by atoms with E-state index in [0.717, 1.165) is 16.9 Å². The number of carbonyl (C=O) groups is 2. The van der Waals surface area contributed by atoms with Gasteiger partial charge in [-0.3, -0.25) is 9.59 Å². The molecule has 0 amide bonds. The minimum Gasteiger partial charge on any atom is -0.468 e. The van der Waals surface area contributed by atoms with Crippen LogP contribution in [0.25, 0.3) is 0 Å². The Hall–Kier alpha value is -2.04. The number of fused-ring (bicyclic) bond motifs is 2. The number of furan rings is 1. The number of hydrogen-bond acceptors (Lipinski definition) is 5. The molecule has 1 heterocycles. The Kier molecular flexibility index (Phi) is 4.52. The van der Waals surface area contributed by atoms with Crippen LogP contribution in [-0.2, 0) is 25.5 Å². The summed E-state index contributed by atoms with van der Waals surface area (Å²) in [5, 5.41) is 0. The van der Waals surface area contributed by atoms with E-state index < -0.39 is 11.5 Å². The molecule has 0 N–H and O–H groups in total. The SMILES string of the molecule is CCC(=O)OC1c2c(C)coc2CC2=CCC(OC(C)=O)C(C)C21C. The number of hydrogen-bond donors (Lipinski definition) is 0. The van der Waals surface area contributed by atoms with Gasteiger partial charge in [0.25, 0.3) is 0 Å². The molecule has 5 heteroatoms. The Labute approximate surface area is 148 Å². The number of ether oxygens (including phenoxy) is 2. The Morgan fingerprint density at radius 2 is 2.08 bits per heavy atom. The summed E-state index contributed by atoms with van der Waals surface area (Å²) < 4.78 is 17.2. The second-order valence-corrected chi connectivity index (χ2v) is 7.34. The van der Waals surface area contributed by atoms with Crippen LogP contribution in [0.2, 0.25) is 0 Å². The first kappa shape index (κ1) is 17.8. The zero-order valence-electron chi connectivity index (χ0n) is 15.5. The van der Waals surface area contributed by atoms with Crippen molar-refractivity contribution in [3.63, 3.8) is 0 Å². The molecule has 136 valence electrons. The Bertz CT molecular complexity index is 728. The molecule has 25 heavy (non-hydrogen) atoms. The van der Waals surface area contributed by atoms with Gasteiger partial charge in [0.2, 0.25) is 0 Å². The third-order valence-corrected chi connectivity index (χ3v) is 5.91. The smallest absolute Gasteiger partial charge is 0.306 e. The molecule has 1 aromatic heterocycles. The Balaban J connectivity index is 2.08. The third kappa shape index (κ3) is 2.79. The largest absolute Gasteiger partial charge is 0.468 e. The van der Waals surface area contributed by atoms with Gasteiger partial charge in [-0.2, -0.15) is 0 Å². The van der Waals surface area contributed by atoms with E-state index in [9.17, 15) is 9.59 Å². The molecule has 0 saturated heterocycles. The summed E-state index contributed by atoms with van der Waals surface area (Å²) >= 11 is 0. The van der Waals surface area contributed by atoms with Crippen LogP contribution in [0, 0.1) is 18.3 Å². The Morgan fingerprint density at radius 3 is 2.72 bits per heavy atom. The summed E-state index contributed by atoms with van der Waals surface area (Å²) in [5.74, 6) is 0.373. The zero-order chi connectivity index (χ0) is 18.4. The van der Waals surface area contributed by atoms with Crippen molar-refractivity contribution in [3.05, 3.63) is 34.8 Å². The van der Waals surface area contributed by atoms with Crippen molar-refractivity contribution in [2.45, 2.75) is 66.1 Å². The van der Waals surface area contributed by atoms with Gasteiger partial charge in [0, 0.05) is 43.1 Å². The van der Waals surface area contributed by atoms with Crippen LogP contribution in [0.4, 0.5) is 0 Å². The molecule has 4 atom stereocenters. The highest BCUT2D eigenvalue weighted by atomic mass is 16.6. The summed E-state index contributed by atoms with van der Waals surface area (Å²) in [6.07, 6.45) is 4.91. The average molecular weight is 346 g/mol. The van der Waals surface area contributed by atoms with E-state index in [1.165, 1.54) is 12.5 Å². The predicted octanol–water partition coefficient (Wildman–Crippen LogP) is 4.04. The average Bonchev–Trinajstić information content (AvgIpc) is 2.92. The van der Waals surface area contributed by atoms with Gasteiger partial charge in [0.1, 0.15) is 18.0 Å². The molecule has 0 bridgehead atoms. The van der Waals surface area contributed by atoms with Gasteiger partial charge in [-0.1, -0.05) is 32.4 Å². The van der Waals surface area contributed by atoms with Gasteiger partial charge in [-0.25, -0.2) is 0 Å². The molecule has 0 spiro atoms. The summed E-state index contributed by atoms with van der Waals surface area (Å²) in [7, 11) is 0. The molecule has 2 aliphatic rings. The molecule has 0 saturated carbocycles. The van der Waals surface area contributed by atoms with Crippen molar-refractivity contribution in [1.29, 1.82) is 0 Å². The number of aryl methyl sites for hydroxylation is 1. The minimum absolute atomic E-state index is 0.0218. The van der Waals surface area contributed by atoms with Gasteiger partial charge in [0.15, 0.2) is 0 Å². The van der Waals surface area contributed by atoms with Crippen molar-refractivity contribution in [3.8, 4) is 0 Å². The van der Waals surface area contributed by atoms with Gasteiger partial charge in [0.05, 0.1) is 6.26 Å². The van der Waals surface area contributed by atoms with Crippen molar-refractivity contribution in [1.82, 2.24) is 0 Å². The van der Waals surface area contributed by atoms with E-state index in [1.807, 2.05) is 6.92 Å². The Morgan fingerprint density at radius 1 is 1.36 bits per heavy atom. The second-order valence-electron chi connectivity index (χ2n) is 7.34. The van der Waals surface area contributed by atoms with E-state index in [2.05, 4.69) is 19.9 Å². The van der Waals surface area contributed by atoms with Crippen LogP contribution in [0.15, 0.2) is 22.3 Å². The lowest BCUT2D eigenvalue weighted by Crippen LogP contribution is -2.48. The van der Waals surface area contributed by atoms with Crippen LogP contribution in [-0.4, -0.2) is 18.0 Å². The topological polar surface area (TPSA) is 65.7 Å². The van der Waals surface area contributed by atoms with Crippen molar-refractivity contribution in [2.24, 2.45) is 11.3 Å². The molecule has 3 rings (SSSR count). The summed E-state index contributed by atoms with van der Waals surface area (Å²) in [6, 6.07) is 0. The molecule has 4 unspecified atom stereocenters. The molecule has 2 aliphatic carbocycles. The molecule has 0 fully saturated rings. The van der Waals surface area contributed by atoms with E-state index in [0.29, 0.717) is 19.3 Å². The van der Waals surface area contributed by atoms with E-state index >= 15 is 0 Å². The third-order valence-electron chi connectivity index (χ3n) is 5.91. The van der Waals surface area contributed by atoms with E-state index in [1.54, 1.807) is 13.2 Å². The lowest BCUT2D eigenvalue weighted by molar-refractivity contribution is -0.167. The fraction of sp³-hybridized carbons (Fsp3) is 0.600. The van der Waals surface area contributed by atoms with Crippen LogP contribution < -0.4 is 0 Å². The standard InChI is InChI=1S/C20H26O5/c1-6-17(22)25-19-18-11(2)10-23-16(18)9-14-7-8-15(24-13(4)21)12(3)20(14,19)5/h7,10,12,15,19H,6,8-9H2,1-5H3. The highest BCUT2D eigenvalue weighted by molar-refractivity contribution is 5.70. The molecular weight excluding hydrogens is 320 g/mol. The van der Waals surface area contributed by atoms with Crippen molar-refractivity contribution >= 4 is 11.9 Å². The first-order valence-corrected chi connectivity index (χ1v) is 8.92. The maximum Gasteiger partial charge on any atom is 0.306 e. The predicted molar refractivity (Wildman–Crippen MR) is 91.8 cm³/mol. The number of esters is 2. The summed E-state index contributed by atoms with van der Waals surface area (Å²) in [6.45, 7) is 9.39. The molecule has 5 nitrogen and oxygen atoms in total.